The lowest BCUT2D eigenvalue weighted by atomic mass is 9.69. The molecule has 20 heavy (non-hydrogen) atoms. The predicted octanol–water partition coefficient (Wildman–Crippen LogP) is 3.79. The summed E-state index contributed by atoms with van der Waals surface area (Å²) in [5, 5.41) is 9.86. The summed E-state index contributed by atoms with van der Waals surface area (Å²) in [4.78, 5) is 11.6. The van der Waals surface area contributed by atoms with Crippen molar-refractivity contribution in [2.75, 3.05) is 0 Å². The van der Waals surface area contributed by atoms with E-state index in [9.17, 15) is 10.0 Å². The molecule has 1 unspecified atom stereocenters. The quantitative estimate of drug-likeness (QED) is 0.854. The molecule has 0 aromatic carbocycles. The van der Waals surface area contributed by atoms with Gasteiger partial charge in [-0.3, -0.25) is 4.79 Å². The third kappa shape index (κ3) is 3.44. The van der Waals surface area contributed by atoms with Crippen LogP contribution >= 0.6 is 0 Å². The SMILES string of the molecule is Cc1cc(CC(C)C2CCC(C)(C)CC2)n(O)c(=O)c1. The highest BCUT2D eigenvalue weighted by Crippen LogP contribution is 2.41. The molecule has 0 radical (unpaired) electrons. The monoisotopic (exact) mass is 277 g/mol. The second-order valence-electron chi connectivity index (χ2n) is 7.36. The van der Waals surface area contributed by atoms with Crippen LogP contribution in [0, 0.1) is 24.2 Å². The van der Waals surface area contributed by atoms with Gasteiger partial charge in [-0.1, -0.05) is 20.8 Å². The Bertz CT molecular complexity index is 520. The van der Waals surface area contributed by atoms with E-state index in [4.69, 9.17) is 0 Å². The Balaban J connectivity index is 2.05. The second kappa shape index (κ2) is 5.63. The smallest absolute Gasteiger partial charge is 0.283 e. The maximum absolute atomic E-state index is 11.6. The van der Waals surface area contributed by atoms with Crippen molar-refractivity contribution in [1.82, 2.24) is 4.73 Å². The summed E-state index contributed by atoms with van der Waals surface area (Å²) in [6.07, 6.45) is 5.85. The van der Waals surface area contributed by atoms with Gasteiger partial charge in [-0.05, 0) is 67.9 Å². The highest BCUT2D eigenvalue weighted by atomic mass is 16.5. The van der Waals surface area contributed by atoms with Crippen LogP contribution in [0.15, 0.2) is 16.9 Å². The Labute approximate surface area is 121 Å². The normalized spacial score (nSPS) is 20.8. The van der Waals surface area contributed by atoms with Crippen LogP contribution in [0.4, 0.5) is 0 Å². The molecular weight excluding hydrogens is 250 g/mol. The van der Waals surface area contributed by atoms with Gasteiger partial charge in [0.2, 0.25) is 0 Å². The molecular formula is C17H27NO2. The summed E-state index contributed by atoms with van der Waals surface area (Å²) in [5.74, 6) is 1.21. The molecule has 3 nitrogen and oxygen atoms in total. The van der Waals surface area contributed by atoms with E-state index in [1.54, 1.807) is 0 Å². The minimum absolute atomic E-state index is 0.322. The highest BCUT2D eigenvalue weighted by molar-refractivity contribution is 5.16. The minimum atomic E-state index is -0.322. The molecule has 1 aliphatic carbocycles. The average Bonchev–Trinajstić information content (AvgIpc) is 2.35. The topological polar surface area (TPSA) is 42.2 Å². The van der Waals surface area contributed by atoms with E-state index in [1.807, 2.05) is 13.0 Å². The Morgan fingerprint density at radius 3 is 2.55 bits per heavy atom. The van der Waals surface area contributed by atoms with Crippen LogP contribution in [-0.4, -0.2) is 9.94 Å². The molecule has 1 atom stereocenters. The minimum Gasteiger partial charge on any atom is -0.425 e. The Kier molecular flexibility index (Phi) is 4.26. The van der Waals surface area contributed by atoms with Crippen molar-refractivity contribution in [3.05, 3.63) is 33.7 Å². The van der Waals surface area contributed by atoms with Gasteiger partial charge >= 0.3 is 0 Å². The maximum atomic E-state index is 11.6. The first kappa shape index (κ1) is 15.1. The van der Waals surface area contributed by atoms with Crippen LogP contribution in [0.25, 0.3) is 0 Å². The summed E-state index contributed by atoms with van der Waals surface area (Å²) < 4.78 is 0.816. The standard InChI is InChI=1S/C17H27NO2/c1-12-9-15(18(20)16(19)10-12)11-13(2)14-5-7-17(3,4)8-6-14/h9-10,13-14,20H,5-8,11H2,1-4H3. The highest BCUT2D eigenvalue weighted by Gasteiger charge is 2.29. The first-order valence-electron chi connectivity index (χ1n) is 7.70. The molecule has 1 saturated carbocycles. The Morgan fingerprint density at radius 2 is 1.95 bits per heavy atom. The van der Waals surface area contributed by atoms with Crippen molar-refractivity contribution in [2.24, 2.45) is 17.3 Å². The third-order valence-corrected chi connectivity index (χ3v) is 4.95. The number of rotatable bonds is 3. The van der Waals surface area contributed by atoms with Crippen molar-refractivity contribution >= 4 is 0 Å². The summed E-state index contributed by atoms with van der Waals surface area (Å²) in [5.41, 5.74) is 1.83. The van der Waals surface area contributed by atoms with E-state index in [0.29, 0.717) is 17.3 Å². The largest absolute Gasteiger partial charge is 0.425 e. The molecule has 1 N–H and O–H groups in total. The van der Waals surface area contributed by atoms with E-state index >= 15 is 0 Å². The molecule has 2 rings (SSSR count). The summed E-state index contributed by atoms with van der Waals surface area (Å²) in [7, 11) is 0. The van der Waals surface area contributed by atoms with E-state index in [0.717, 1.165) is 22.4 Å². The molecule has 112 valence electrons. The Hall–Kier alpha value is -1.25. The van der Waals surface area contributed by atoms with Crippen molar-refractivity contribution in [1.29, 1.82) is 0 Å². The number of aromatic nitrogens is 1. The molecule has 1 aliphatic rings. The summed E-state index contributed by atoms with van der Waals surface area (Å²) >= 11 is 0. The van der Waals surface area contributed by atoms with Crippen LogP contribution in [0.3, 0.4) is 0 Å². The number of nitrogens with zero attached hydrogens (tertiary/aromatic N) is 1. The zero-order valence-corrected chi connectivity index (χ0v) is 13.1. The van der Waals surface area contributed by atoms with Crippen LogP contribution in [0.1, 0.15) is 57.7 Å². The van der Waals surface area contributed by atoms with Gasteiger partial charge in [-0.15, -0.1) is 0 Å². The summed E-state index contributed by atoms with van der Waals surface area (Å²) in [6, 6.07) is 3.39. The molecule has 0 aliphatic heterocycles. The van der Waals surface area contributed by atoms with E-state index in [2.05, 4.69) is 20.8 Å². The maximum Gasteiger partial charge on any atom is 0.283 e. The van der Waals surface area contributed by atoms with Crippen molar-refractivity contribution in [3.8, 4) is 0 Å². The van der Waals surface area contributed by atoms with E-state index in [1.165, 1.54) is 31.7 Å². The van der Waals surface area contributed by atoms with E-state index < -0.39 is 0 Å². The van der Waals surface area contributed by atoms with Crippen LogP contribution in [-0.2, 0) is 6.42 Å². The predicted molar refractivity (Wildman–Crippen MR) is 81.2 cm³/mol. The first-order chi connectivity index (χ1) is 9.28. The van der Waals surface area contributed by atoms with Crippen molar-refractivity contribution in [3.63, 3.8) is 0 Å². The van der Waals surface area contributed by atoms with Gasteiger partial charge in [-0.2, -0.15) is 4.73 Å². The van der Waals surface area contributed by atoms with Crippen LogP contribution in [0.5, 0.6) is 0 Å². The van der Waals surface area contributed by atoms with E-state index in [-0.39, 0.29) is 5.56 Å². The first-order valence-corrected chi connectivity index (χ1v) is 7.70. The lowest BCUT2D eigenvalue weighted by molar-refractivity contribution is 0.138. The second-order valence-corrected chi connectivity index (χ2v) is 7.36. The molecule has 0 spiro atoms. The number of hydrogen-bond acceptors (Lipinski definition) is 2. The molecule has 0 saturated heterocycles. The van der Waals surface area contributed by atoms with Gasteiger partial charge in [0.1, 0.15) is 0 Å². The lowest BCUT2D eigenvalue weighted by Gasteiger charge is -2.37. The number of aryl methyl sites for hydroxylation is 1. The zero-order valence-electron chi connectivity index (χ0n) is 13.1. The zero-order chi connectivity index (χ0) is 14.9. The molecule has 1 fully saturated rings. The number of pyridine rings is 1. The fourth-order valence-electron chi connectivity index (χ4n) is 3.40. The lowest BCUT2D eigenvalue weighted by Crippen LogP contribution is -2.28. The van der Waals surface area contributed by atoms with Gasteiger partial charge < -0.3 is 5.21 Å². The van der Waals surface area contributed by atoms with Gasteiger partial charge in [0, 0.05) is 6.07 Å². The van der Waals surface area contributed by atoms with Crippen LogP contribution in [0.2, 0.25) is 0 Å². The molecule has 0 bridgehead atoms. The van der Waals surface area contributed by atoms with Gasteiger partial charge in [0.25, 0.3) is 5.56 Å². The van der Waals surface area contributed by atoms with Crippen molar-refractivity contribution in [2.45, 2.75) is 59.8 Å². The number of hydrogen-bond donors (Lipinski definition) is 1. The third-order valence-electron chi connectivity index (χ3n) is 4.95. The average molecular weight is 277 g/mol. The molecule has 1 heterocycles. The fourth-order valence-corrected chi connectivity index (χ4v) is 3.40. The van der Waals surface area contributed by atoms with Gasteiger partial charge in [-0.25, -0.2) is 0 Å². The summed E-state index contributed by atoms with van der Waals surface area (Å²) in [6.45, 7) is 8.84. The molecule has 1 aromatic rings. The van der Waals surface area contributed by atoms with Gasteiger partial charge in [0.05, 0.1) is 5.69 Å². The molecule has 3 heteroatoms. The molecule has 0 amide bonds. The molecule has 1 aromatic heterocycles. The van der Waals surface area contributed by atoms with Crippen molar-refractivity contribution < 1.29 is 5.21 Å². The van der Waals surface area contributed by atoms with Gasteiger partial charge in [0.15, 0.2) is 0 Å². The van der Waals surface area contributed by atoms with Crippen LogP contribution < -0.4 is 5.56 Å². The fraction of sp³-hybridized carbons (Fsp3) is 0.706. The Morgan fingerprint density at radius 1 is 1.35 bits per heavy atom.